The summed E-state index contributed by atoms with van der Waals surface area (Å²) < 4.78 is 38.5. The monoisotopic (exact) mass is 516 g/mol. The van der Waals surface area contributed by atoms with Crippen molar-refractivity contribution in [1.82, 2.24) is 0 Å². The van der Waals surface area contributed by atoms with Crippen LogP contribution in [0.3, 0.4) is 0 Å². The van der Waals surface area contributed by atoms with Gasteiger partial charge in [0.2, 0.25) is 0 Å². The van der Waals surface area contributed by atoms with Crippen LogP contribution in [-0.2, 0) is 25.3 Å². The lowest BCUT2D eigenvalue weighted by Gasteiger charge is -2.45. The Hall–Kier alpha value is 1.06. The minimum absolute atomic E-state index is 0.275. The molecule has 0 aliphatic carbocycles. The normalized spacial score (nSPS) is 15.8. The molecule has 0 rings (SSSR count). The molecular weight excluding hydrogens is 469 g/mol. The third-order valence-corrected chi connectivity index (χ3v) is 29.8. The fourth-order valence-corrected chi connectivity index (χ4v) is 33.3. The largest absolute Gasteiger partial charge is 0.440 e. The van der Waals surface area contributed by atoms with E-state index < -0.39 is 51.6 Å². The van der Waals surface area contributed by atoms with Gasteiger partial charge in [-0.3, -0.25) is 0 Å². The molecule has 0 bridgehead atoms. The topological polar surface area (TPSA) is 55.4 Å². The van der Waals surface area contributed by atoms with Crippen molar-refractivity contribution in [2.75, 3.05) is 13.2 Å². The number of hydrogen-bond donors (Lipinski definition) is 0. The second-order valence-corrected chi connectivity index (χ2v) is 31.9. The van der Waals surface area contributed by atoms with Gasteiger partial charge in [0.1, 0.15) is 0 Å². The van der Waals surface area contributed by atoms with Crippen LogP contribution in [0.25, 0.3) is 0 Å². The Morgan fingerprint density at radius 1 is 0.655 bits per heavy atom. The van der Waals surface area contributed by atoms with Crippen LogP contribution in [0.5, 0.6) is 0 Å². The van der Waals surface area contributed by atoms with E-state index in [2.05, 4.69) is 78.9 Å². The highest BCUT2D eigenvalue weighted by Gasteiger charge is 2.52. The van der Waals surface area contributed by atoms with Gasteiger partial charge in [-0.05, 0) is 85.9 Å². The Kier molecular flexibility index (Phi) is 11.7. The molecule has 0 fully saturated rings. The van der Waals surface area contributed by atoms with Gasteiger partial charge in [-0.2, -0.15) is 0 Å². The molecule has 0 aromatic heterocycles. The fraction of sp³-hybridized carbons (Fsp3) is 1.00. The van der Waals surface area contributed by atoms with Crippen molar-refractivity contribution in [2.24, 2.45) is 0 Å². The smallest absolute Gasteiger partial charge is 0.337 e. The van der Waals surface area contributed by atoms with E-state index in [1.54, 1.807) is 0 Å². The first-order valence-electron chi connectivity index (χ1n) is 10.9. The van der Waals surface area contributed by atoms with E-state index in [0.29, 0.717) is 13.2 Å². The number of rotatable bonds is 14. The van der Waals surface area contributed by atoms with Crippen molar-refractivity contribution in [1.29, 1.82) is 0 Å². The van der Waals surface area contributed by atoms with Crippen molar-refractivity contribution >= 4 is 51.6 Å². The standard InChI is InChI=1S/C17H48O6Si6/c1-15-18-29(14,19-16-2)17(3)25(6,7)21-27(10,11)23-28(12,13)22-26(8,9)20-24(4)5/h17,24H,15-16H2,1-14H3. The Morgan fingerprint density at radius 2 is 1.03 bits per heavy atom. The minimum Gasteiger partial charge on any atom is -0.440 e. The Balaban J connectivity index is 5.34. The first kappa shape index (κ1) is 30.1. The molecule has 0 saturated heterocycles. The van der Waals surface area contributed by atoms with Gasteiger partial charge in [-0.1, -0.05) is 6.92 Å². The lowest BCUT2D eigenvalue weighted by Crippen LogP contribution is -2.61. The summed E-state index contributed by atoms with van der Waals surface area (Å²) in [6.07, 6.45) is 0. The molecule has 12 heteroatoms. The molecule has 29 heavy (non-hydrogen) atoms. The first-order valence-corrected chi connectivity index (χ1v) is 27.5. The van der Waals surface area contributed by atoms with Crippen LogP contribution in [0, 0.1) is 0 Å². The molecule has 0 spiro atoms. The van der Waals surface area contributed by atoms with Crippen LogP contribution in [0.15, 0.2) is 0 Å². The van der Waals surface area contributed by atoms with E-state index in [1.165, 1.54) is 0 Å². The average Bonchev–Trinajstić information content (AvgIpc) is 2.41. The molecule has 0 aliphatic heterocycles. The number of hydrogen-bond acceptors (Lipinski definition) is 6. The molecule has 0 aliphatic rings. The van der Waals surface area contributed by atoms with E-state index in [0.717, 1.165) is 0 Å². The summed E-state index contributed by atoms with van der Waals surface area (Å²) in [7, 11) is -12.6. The highest BCUT2D eigenvalue weighted by atomic mass is 28.5. The predicted octanol–water partition coefficient (Wildman–Crippen LogP) is 5.42. The van der Waals surface area contributed by atoms with Gasteiger partial charge < -0.3 is 25.3 Å². The second kappa shape index (κ2) is 11.3. The Labute approximate surface area is 187 Å². The van der Waals surface area contributed by atoms with Crippen molar-refractivity contribution in [3.8, 4) is 0 Å². The van der Waals surface area contributed by atoms with Crippen molar-refractivity contribution in [3.05, 3.63) is 0 Å². The molecule has 6 nitrogen and oxygen atoms in total. The average molecular weight is 517 g/mol. The summed E-state index contributed by atoms with van der Waals surface area (Å²) in [5.41, 5.74) is 0. The second-order valence-electron chi connectivity index (χ2n) is 9.88. The molecule has 0 radical (unpaired) electrons. The zero-order valence-corrected chi connectivity index (χ0v) is 27.7. The van der Waals surface area contributed by atoms with E-state index in [1.807, 2.05) is 13.8 Å². The maximum absolute atomic E-state index is 6.83. The SMILES string of the molecule is CCO[Si](C)(OCC)C(C)[Si](C)(C)O[Si](C)(C)O[Si](C)(C)O[Si](C)(C)O[SiH](C)C. The lowest BCUT2D eigenvalue weighted by molar-refractivity contribution is 0.184. The third-order valence-electron chi connectivity index (χ3n) is 4.70. The van der Waals surface area contributed by atoms with E-state index in [9.17, 15) is 0 Å². The van der Waals surface area contributed by atoms with Gasteiger partial charge in [0.15, 0.2) is 17.4 Å². The van der Waals surface area contributed by atoms with Gasteiger partial charge in [0.05, 0.1) is 0 Å². The molecule has 176 valence electrons. The summed E-state index contributed by atoms with van der Waals surface area (Å²) in [5, 5.41) is 0.275. The van der Waals surface area contributed by atoms with Gasteiger partial charge in [0.25, 0.3) is 0 Å². The van der Waals surface area contributed by atoms with Gasteiger partial charge in [-0.25, -0.2) is 0 Å². The van der Waals surface area contributed by atoms with E-state index in [-0.39, 0.29) is 5.16 Å². The molecule has 0 saturated carbocycles. The van der Waals surface area contributed by atoms with Crippen LogP contribution in [0.2, 0.25) is 77.2 Å². The highest BCUT2D eigenvalue weighted by Crippen LogP contribution is 2.36. The van der Waals surface area contributed by atoms with Crippen LogP contribution >= 0.6 is 0 Å². The highest BCUT2D eigenvalue weighted by molar-refractivity contribution is 6.95. The summed E-state index contributed by atoms with van der Waals surface area (Å²) >= 11 is 0. The predicted molar refractivity (Wildman–Crippen MR) is 137 cm³/mol. The maximum atomic E-state index is 6.83. The quantitative estimate of drug-likeness (QED) is 0.287. The molecular formula is C17H48O6Si6. The van der Waals surface area contributed by atoms with E-state index >= 15 is 0 Å². The Bertz CT molecular complexity index is 495. The molecule has 0 aromatic carbocycles. The lowest BCUT2D eigenvalue weighted by atomic mass is 10.9. The molecule has 1 atom stereocenters. The summed E-state index contributed by atoms with van der Waals surface area (Å²) in [6.45, 7) is 31.5. The van der Waals surface area contributed by atoms with Gasteiger partial charge >= 0.3 is 34.2 Å². The fourth-order valence-electron chi connectivity index (χ4n) is 4.04. The van der Waals surface area contributed by atoms with Crippen LogP contribution < -0.4 is 0 Å². The summed E-state index contributed by atoms with van der Waals surface area (Å²) in [4.78, 5) is 0. The molecule has 0 N–H and O–H groups in total. The molecule has 0 amide bonds. The zero-order chi connectivity index (χ0) is 23.3. The van der Waals surface area contributed by atoms with E-state index in [4.69, 9.17) is 25.3 Å². The third kappa shape index (κ3) is 11.0. The summed E-state index contributed by atoms with van der Waals surface area (Å²) in [6, 6.07) is 0. The summed E-state index contributed by atoms with van der Waals surface area (Å²) in [5.74, 6) is 0. The Morgan fingerprint density at radius 3 is 1.41 bits per heavy atom. The van der Waals surface area contributed by atoms with Crippen molar-refractivity contribution < 1.29 is 25.3 Å². The van der Waals surface area contributed by atoms with Crippen LogP contribution in [0.1, 0.15) is 20.8 Å². The molecule has 0 aromatic rings. The van der Waals surface area contributed by atoms with Crippen molar-refractivity contribution in [2.45, 2.75) is 98.0 Å². The van der Waals surface area contributed by atoms with Crippen molar-refractivity contribution in [3.63, 3.8) is 0 Å². The molecule has 1 unspecified atom stereocenters. The maximum Gasteiger partial charge on any atom is 0.337 e. The minimum atomic E-state index is -2.41. The first-order chi connectivity index (χ1) is 12.8. The van der Waals surface area contributed by atoms with Crippen LogP contribution in [0.4, 0.5) is 0 Å². The molecule has 0 heterocycles. The van der Waals surface area contributed by atoms with Gasteiger partial charge in [-0.15, -0.1) is 0 Å². The zero-order valence-electron chi connectivity index (χ0n) is 21.5. The van der Waals surface area contributed by atoms with Gasteiger partial charge in [0, 0.05) is 18.4 Å². The van der Waals surface area contributed by atoms with Crippen LogP contribution in [-0.4, -0.2) is 64.8 Å².